The van der Waals surface area contributed by atoms with E-state index in [1.165, 1.54) is 18.2 Å². The van der Waals surface area contributed by atoms with Gasteiger partial charge in [0.25, 0.3) is 5.69 Å². The van der Waals surface area contributed by atoms with Crippen LogP contribution < -0.4 is 5.73 Å². The second kappa shape index (κ2) is 4.38. The predicted octanol–water partition coefficient (Wildman–Crippen LogP) is 1.18. The molecule has 0 aliphatic rings. The summed E-state index contributed by atoms with van der Waals surface area (Å²) in [5.74, 6) is 0. The predicted molar refractivity (Wildman–Crippen MR) is 53.6 cm³/mol. The van der Waals surface area contributed by atoms with Crippen LogP contribution in [0, 0.1) is 10.1 Å². The Bertz CT molecular complexity index is 374. The third-order valence-electron chi connectivity index (χ3n) is 1.68. The molecule has 0 heterocycles. The lowest BCUT2D eigenvalue weighted by Crippen LogP contribution is -1.93. The van der Waals surface area contributed by atoms with Crippen molar-refractivity contribution < 1.29 is 10.0 Å². The van der Waals surface area contributed by atoms with Gasteiger partial charge in [0.05, 0.1) is 11.5 Å². The first-order valence-corrected chi connectivity index (χ1v) is 3.96. The van der Waals surface area contributed by atoms with E-state index in [0.29, 0.717) is 11.3 Å². The number of nitro groups is 1. The van der Waals surface area contributed by atoms with Crippen molar-refractivity contribution in [2.75, 3.05) is 12.3 Å². The quantitative estimate of drug-likeness (QED) is 0.429. The third kappa shape index (κ3) is 2.30. The van der Waals surface area contributed by atoms with E-state index in [4.69, 9.17) is 10.8 Å². The van der Waals surface area contributed by atoms with Gasteiger partial charge in [0.1, 0.15) is 0 Å². The first-order valence-electron chi connectivity index (χ1n) is 3.96. The normalized spacial score (nSPS) is 10.6. The minimum Gasteiger partial charge on any atom is -0.398 e. The number of nitrogen functional groups attached to an aromatic ring is 1. The number of non-ortho nitro benzene ring substituents is 1. The van der Waals surface area contributed by atoms with Gasteiger partial charge in [-0.1, -0.05) is 12.2 Å². The van der Waals surface area contributed by atoms with Crippen molar-refractivity contribution in [1.82, 2.24) is 0 Å². The first kappa shape index (κ1) is 10.2. The van der Waals surface area contributed by atoms with E-state index < -0.39 is 4.92 Å². The Kier molecular flexibility index (Phi) is 3.19. The van der Waals surface area contributed by atoms with E-state index in [9.17, 15) is 10.1 Å². The number of rotatable bonds is 3. The molecule has 0 radical (unpaired) electrons. The summed E-state index contributed by atoms with van der Waals surface area (Å²) in [5.41, 5.74) is 6.50. The molecule has 0 amide bonds. The van der Waals surface area contributed by atoms with Crippen LogP contribution in [-0.4, -0.2) is 16.6 Å². The molecule has 0 aliphatic heterocycles. The van der Waals surface area contributed by atoms with E-state index in [0.717, 1.165) is 0 Å². The van der Waals surface area contributed by atoms with Crippen LogP contribution in [-0.2, 0) is 0 Å². The largest absolute Gasteiger partial charge is 0.398 e. The van der Waals surface area contributed by atoms with Gasteiger partial charge in [0, 0.05) is 17.8 Å². The first-order chi connectivity index (χ1) is 6.65. The molecule has 5 heteroatoms. The topological polar surface area (TPSA) is 89.4 Å². The van der Waals surface area contributed by atoms with Gasteiger partial charge < -0.3 is 10.8 Å². The third-order valence-corrected chi connectivity index (χ3v) is 1.68. The molecule has 0 aromatic heterocycles. The maximum atomic E-state index is 10.4. The van der Waals surface area contributed by atoms with Crippen LogP contribution >= 0.6 is 0 Å². The standard InChI is InChI=1S/C9H10N2O3/c10-9-6-8(11(13)14)4-3-7(9)2-1-5-12/h1-4,6,12H,5,10H2. The molecule has 1 aromatic carbocycles. The molecule has 0 spiro atoms. The van der Waals surface area contributed by atoms with Gasteiger partial charge in [0.15, 0.2) is 0 Å². The molecule has 0 fully saturated rings. The van der Waals surface area contributed by atoms with Gasteiger partial charge in [-0.05, 0) is 11.6 Å². The molecule has 0 aliphatic carbocycles. The van der Waals surface area contributed by atoms with Crippen LogP contribution in [0.2, 0.25) is 0 Å². The number of anilines is 1. The second-order valence-electron chi connectivity index (χ2n) is 2.66. The summed E-state index contributed by atoms with van der Waals surface area (Å²) in [6.07, 6.45) is 3.12. The molecule has 0 atom stereocenters. The van der Waals surface area contributed by atoms with Crippen molar-refractivity contribution in [3.63, 3.8) is 0 Å². The molecule has 0 unspecified atom stereocenters. The minimum absolute atomic E-state index is 0.0383. The number of hydrogen-bond donors (Lipinski definition) is 2. The maximum absolute atomic E-state index is 10.4. The smallest absolute Gasteiger partial charge is 0.271 e. The summed E-state index contributed by atoms with van der Waals surface area (Å²) < 4.78 is 0. The Balaban J connectivity index is 3.01. The molecule has 0 saturated carbocycles. The van der Waals surface area contributed by atoms with Gasteiger partial charge in [-0.3, -0.25) is 10.1 Å². The Hall–Kier alpha value is -1.88. The van der Waals surface area contributed by atoms with Crippen LogP contribution in [0.3, 0.4) is 0 Å². The summed E-state index contributed by atoms with van der Waals surface area (Å²) >= 11 is 0. The highest BCUT2D eigenvalue weighted by atomic mass is 16.6. The molecule has 1 aromatic rings. The summed E-state index contributed by atoms with van der Waals surface area (Å²) in [7, 11) is 0. The number of aliphatic hydroxyl groups excluding tert-OH is 1. The number of benzene rings is 1. The summed E-state index contributed by atoms with van der Waals surface area (Å²) in [5, 5.41) is 18.9. The lowest BCUT2D eigenvalue weighted by Gasteiger charge is -1.99. The number of aliphatic hydroxyl groups is 1. The molecule has 1 rings (SSSR count). The Labute approximate surface area is 80.6 Å². The highest BCUT2D eigenvalue weighted by Gasteiger charge is 2.06. The van der Waals surface area contributed by atoms with Crippen molar-refractivity contribution in [2.24, 2.45) is 0 Å². The van der Waals surface area contributed by atoms with Gasteiger partial charge in [0.2, 0.25) is 0 Å². The van der Waals surface area contributed by atoms with Crippen molar-refractivity contribution in [2.45, 2.75) is 0 Å². The van der Waals surface area contributed by atoms with Crippen LogP contribution in [0.15, 0.2) is 24.3 Å². The Morgan fingerprint density at radius 1 is 1.57 bits per heavy atom. The lowest BCUT2D eigenvalue weighted by atomic mass is 10.1. The molecular weight excluding hydrogens is 184 g/mol. The highest BCUT2D eigenvalue weighted by molar-refractivity contribution is 5.67. The molecule has 74 valence electrons. The minimum atomic E-state index is -0.504. The van der Waals surface area contributed by atoms with Gasteiger partial charge >= 0.3 is 0 Å². The summed E-state index contributed by atoms with van der Waals surface area (Å²) in [6, 6.07) is 4.20. The monoisotopic (exact) mass is 194 g/mol. The Morgan fingerprint density at radius 3 is 2.79 bits per heavy atom. The van der Waals surface area contributed by atoms with Gasteiger partial charge in [-0.15, -0.1) is 0 Å². The molecule has 0 bridgehead atoms. The van der Waals surface area contributed by atoms with Crippen molar-refractivity contribution in [3.05, 3.63) is 40.0 Å². The lowest BCUT2D eigenvalue weighted by molar-refractivity contribution is -0.384. The van der Waals surface area contributed by atoms with E-state index in [2.05, 4.69) is 0 Å². The van der Waals surface area contributed by atoms with Crippen LogP contribution in [0.25, 0.3) is 6.08 Å². The average molecular weight is 194 g/mol. The molecule has 5 nitrogen and oxygen atoms in total. The zero-order valence-corrected chi connectivity index (χ0v) is 7.38. The fourth-order valence-corrected chi connectivity index (χ4v) is 1.01. The van der Waals surface area contributed by atoms with Crippen LogP contribution in [0.5, 0.6) is 0 Å². The van der Waals surface area contributed by atoms with Gasteiger partial charge in [-0.2, -0.15) is 0 Å². The maximum Gasteiger partial charge on any atom is 0.271 e. The van der Waals surface area contributed by atoms with Crippen LogP contribution in [0.1, 0.15) is 5.56 Å². The SMILES string of the molecule is Nc1cc([N+](=O)[O-])ccc1C=CCO. The van der Waals surface area contributed by atoms with Gasteiger partial charge in [-0.25, -0.2) is 0 Å². The molecule has 0 saturated heterocycles. The van der Waals surface area contributed by atoms with Crippen molar-refractivity contribution in [1.29, 1.82) is 0 Å². The number of hydrogen-bond acceptors (Lipinski definition) is 4. The summed E-state index contributed by atoms with van der Waals surface area (Å²) in [6.45, 7) is -0.0869. The van der Waals surface area contributed by atoms with E-state index in [1.807, 2.05) is 0 Å². The number of nitrogens with zero attached hydrogens (tertiary/aromatic N) is 1. The highest BCUT2D eigenvalue weighted by Crippen LogP contribution is 2.20. The zero-order chi connectivity index (χ0) is 10.6. The van der Waals surface area contributed by atoms with E-state index in [-0.39, 0.29) is 12.3 Å². The van der Waals surface area contributed by atoms with Crippen LogP contribution in [0.4, 0.5) is 11.4 Å². The average Bonchev–Trinajstić information content (AvgIpc) is 2.15. The van der Waals surface area contributed by atoms with E-state index in [1.54, 1.807) is 12.1 Å². The molecule has 3 N–H and O–H groups in total. The molecule has 14 heavy (non-hydrogen) atoms. The van der Waals surface area contributed by atoms with E-state index >= 15 is 0 Å². The number of nitro benzene ring substituents is 1. The zero-order valence-electron chi connectivity index (χ0n) is 7.38. The molecular formula is C9H10N2O3. The fourth-order valence-electron chi connectivity index (χ4n) is 1.01. The number of nitrogens with two attached hydrogens (primary N) is 1. The van der Waals surface area contributed by atoms with Crippen molar-refractivity contribution in [3.8, 4) is 0 Å². The van der Waals surface area contributed by atoms with Crippen molar-refractivity contribution >= 4 is 17.5 Å². The summed E-state index contributed by atoms with van der Waals surface area (Å²) in [4.78, 5) is 9.87. The fraction of sp³-hybridized carbons (Fsp3) is 0.111. The Morgan fingerprint density at radius 2 is 2.29 bits per heavy atom. The second-order valence-corrected chi connectivity index (χ2v) is 2.66.